The van der Waals surface area contributed by atoms with E-state index in [0.717, 1.165) is 36.7 Å². The fourth-order valence-electron chi connectivity index (χ4n) is 2.34. The van der Waals surface area contributed by atoms with Gasteiger partial charge in [0.15, 0.2) is 5.82 Å². The lowest BCUT2D eigenvalue weighted by Crippen LogP contribution is -2.23. The lowest BCUT2D eigenvalue weighted by molar-refractivity contribution is 0.585. The van der Waals surface area contributed by atoms with Gasteiger partial charge >= 0.3 is 0 Å². The second-order valence-electron chi connectivity index (χ2n) is 5.73. The molecule has 114 valence electrons. The first-order valence-electron chi connectivity index (χ1n) is 7.83. The summed E-state index contributed by atoms with van der Waals surface area (Å²) in [6.07, 6.45) is 1.75. The standard InChI is InChI=1S/C17H26N4/c1-6-16-19-17(7-2)21(20-16)15-9-8-13(5)10-14(15)11-18-12(3)4/h8-10,12,18H,6-7,11H2,1-5H3. The lowest BCUT2D eigenvalue weighted by atomic mass is 10.1. The SMILES string of the molecule is CCc1nc(CC)n(-c2ccc(C)cc2CNC(C)C)n1. The van der Waals surface area contributed by atoms with E-state index in [1.807, 2.05) is 4.68 Å². The van der Waals surface area contributed by atoms with E-state index in [1.54, 1.807) is 0 Å². The molecule has 21 heavy (non-hydrogen) atoms. The molecule has 2 rings (SSSR count). The van der Waals surface area contributed by atoms with Crippen LogP contribution >= 0.6 is 0 Å². The first kappa shape index (κ1) is 15.7. The first-order valence-corrected chi connectivity index (χ1v) is 7.83. The van der Waals surface area contributed by atoms with Gasteiger partial charge in [-0.15, -0.1) is 0 Å². The molecule has 0 amide bonds. The molecule has 0 spiro atoms. The summed E-state index contributed by atoms with van der Waals surface area (Å²) in [6.45, 7) is 11.5. The Kier molecular flexibility index (Phi) is 5.12. The molecule has 0 saturated heterocycles. The normalized spacial score (nSPS) is 11.3. The first-order chi connectivity index (χ1) is 10.0. The predicted octanol–water partition coefficient (Wildman–Crippen LogP) is 3.20. The second kappa shape index (κ2) is 6.85. The highest BCUT2D eigenvalue weighted by Crippen LogP contribution is 2.18. The van der Waals surface area contributed by atoms with Crippen LogP contribution in [0.3, 0.4) is 0 Å². The fourth-order valence-corrected chi connectivity index (χ4v) is 2.34. The Morgan fingerprint density at radius 1 is 1.19 bits per heavy atom. The predicted molar refractivity (Wildman–Crippen MR) is 86.8 cm³/mol. The van der Waals surface area contributed by atoms with Crippen molar-refractivity contribution in [3.63, 3.8) is 0 Å². The smallest absolute Gasteiger partial charge is 0.151 e. The van der Waals surface area contributed by atoms with Crippen molar-refractivity contribution in [3.05, 3.63) is 41.0 Å². The van der Waals surface area contributed by atoms with Crippen LogP contribution in [-0.2, 0) is 19.4 Å². The number of aryl methyl sites for hydroxylation is 3. The number of rotatable bonds is 6. The summed E-state index contributed by atoms with van der Waals surface area (Å²) in [5.41, 5.74) is 3.68. The maximum atomic E-state index is 4.66. The van der Waals surface area contributed by atoms with Crippen molar-refractivity contribution >= 4 is 0 Å². The molecule has 0 radical (unpaired) electrons. The van der Waals surface area contributed by atoms with Crippen molar-refractivity contribution in [2.45, 2.75) is 60.0 Å². The average molecular weight is 286 g/mol. The van der Waals surface area contributed by atoms with Crippen LogP contribution in [0.5, 0.6) is 0 Å². The van der Waals surface area contributed by atoms with Gasteiger partial charge in [-0.1, -0.05) is 45.4 Å². The van der Waals surface area contributed by atoms with E-state index < -0.39 is 0 Å². The van der Waals surface area contributed by atoms with E-state index in [-0.39, 0.29) is 0 Å². The molecule has 0 unspecified atom stereocenters. The summed E-state index contributed by atoms with van der Waals surface area (Å²) >= 11 is 0. The third kappa shape index (κ3) is 3.70. The number of aromatic nitrogens is 3. The van der Waals surface area contributed by atoms with Crippen LogP contribution < -0.4 is 5.32 Å². The Morgan fingerprint density at radius 3 is 2.57 bits per heavy atom. The highest BCUT2D eigenvalue weighted by atomic mass is 15.4. The molecule has 4 nitrogen and oxygen atoms in total. The number of nitrogens with one attached hydrogen (secondary N) is 1. The van der Waals surface area contributed by atoms with Crippen LogP contribution in [0.25, 0.3) is 5.69 Å². The van der Waals surface area contributed by atoms with Gasteiger partial charge in [-0.2, -0.15) is 5.10 Å². The molecule has 1 aromatic heterocycles. The summed E-state index contributed by atoms with van der Waals surface area (Å²) in [6, 6.07) is 6.99. The Balaban J connectivity index is 2.44. The molecule has 0 aliphatic heterocycles. The summed E-state index contributed by atoms with van der Waals surface area (Å²) in [5.74, 6) is 1.94. The molecule has 1 N–H and O–H groups in total. The Labute approximate surface area is 127 Å². The van der Waals surface area contributed by atoms with Crippen LogP contribution in [0, 0.1) is 6.92 Å². The number of benzene rings is 1. The summed E-state index contributed by atoms with van der Waals surface area (Å²) in [5, 5.41) is 8.16. The van der Waals surface area contributed by atoms with Crippen molar-refractivity contribution < 1.29 is 0 Å². The zero-order chi connectivity index (χ0) is 15.4. The molecule has 0 atom stereocenters. The molecule has 4 heteroatoms. The van der Waals surface area contributed by atoms with Gasteiger partial charge in [0, 0.05) is 25.4 Å². The molecule has 0 aliphatic carbocycles. The zero-order valence-corrected chi connectivity index (χ0v) is 13.8. The van der Waals surface area contributed by atoms with E-state index in [0.29, 0.717) is 6.04 Å². The largest absolute Gasteiger partial charge is 0.310 e. The minimum atomic E-state index is 0.464. The van der Waals surface area contributed by atoms with Gasteiger partial charge in [-0.25, -0.2) is 9.67 Å². The van der Waals surface area contributed by atoms with Crippen LogP contribution in [-0.4, -0.2) is 20.8 Å². The topological polar surface area (TPSA) is 42.7 Å². The van der Waals surface area contributed by atoms with Crippen molar-refractivity contribution in [1.82, 2.24) is 20.1 Å². The van der Waals surface area contributed by atoms with E-state index >= 15 is 0 Å². The van der Waals surface area contributed by atoms with Crippen LogP contribution in [0.1, 0.15) is 50.5 Å². The Morgan fingerprint density at radius 2 is 1.95 bits per heavy atom. The lowest BCUT2D eigenvalue weighted by Gasteiger charge is -2.14. The molecular formula is C17H26N4. The number of nitrogens with zero attached hydrogens (tertiary/aromatic N) is 3. The van der Waals surface area contributed by atoms with Gasteiger partial charge in [0.05, 0.1) is 5.69 Å². The second-order valence-corrected chi connectivity index (χ2v) is 5.73. The maximum Gasteiger partial charge on any atom is 0.151 e. The molecule has 0 bridgehead atoms. The van der Waals surface area contributed by atoms with Gasteiger partial charge in [0.2, 0.25) is 0 Å². The highest BCUT2D eigenvalue weighted by molar-refractivity contribution is 5.43. The third-order valence-electron chi connectivity index (χ3n) is 3.51. The molecule has 0 fully saturated rings. The van der Waals surface area contributed by atoms with E-state index in [4.69, 9.17) is 0 Å². The summed E-state index contributed by atoms with van der Waals surface area (Å²) < 4.78 is 2.01. The zero-order valence-electron chi connectivity index (χ0n) is 13.8. The Bertz CT molecular complexity index is 599. The van der Waals surface area contributed by atoms with Gasteiger partial charge in [0.25, 0.3) is 0 Å². The highest BCUT2D eigenvalue weighted by Gasteiger charge is 2.13. The number of hydrogen-bond acceptors (Lipinski definition) is 3. The summed E-state index contributed by atoms with van der Waals surface area (Å²) in [4.78, 5) is 4.61. The van der Waals surface area contributed by atoms with Crippen molar-refractivity contribution in [2.75, 3.05) is 0 Å². The minimum Gasteiger partial charge on any atom is -0.310 e. The quantitative estimate of drug-likeness (QED) is 0.886. The molecule has 1 aromatic carbocycles. The average Bonchev–Trinajstić information content (AvgIpc) is 2.88. The number of hydrogen-bond donors (Lipinski definition) is 1. The van der Waals surface area contributed by atoms with Crippen molar-refractivity contribution in [1.29, 1.82) is 0 Å². The van der Waals surface area contributed by atoms with Crippen molar-refractivity contribution in [2.24, 2.45) is 0 Å². The molecule has 0 saturated carbocycles. The Hall–Kier alpha value is -1.68. The van der Waals surface area contributed by atoms with Gasteiger partial charge in [-0.05, 0) is 18.6 Å². The van der Waals surface area contributed by atoms with E-state index in [9.17, 15) is 0 Å². The van der Waals surface area contributed by atoms with E-state index in [1.165, 1.54) is 11.1 Å². The fraction of sp³-hybridized carbons (Fsp3) is 0.529. The summed E-state index contributed by atoms with van der Waals surface area (Å²) in [7, 11) is 0. The van der Waals surface area contributed by atoms with Gasteiger partial charge in [-0.3, -0.25) is 0 Å². The van der Waals surface area contributed by atoms with Crippen LogP contribution in [0.4, 0.5) is 0 Å². The maximum absolute atomic E-state index is 4.66. The molecule has 0 aliphatic rings. The van der Waals surface area contributed by atoms with E-state index in [2.05, 4.69) is 68.2 Å². The molecular weight excluding hydrogens is 260 g/mol. The van der Waals surface area contributed by atoms with Gasteiger partial charge < -0.3 is 5.32 Å². The van der Waals surface area contributed by atoms with Crippen LogP contribution in [0.2, 0.25) is 0 Å². The van der Waals surface area contributed by atoms with Crippen LogP contribution in [0.15, 0.2) is 18.2 Å². The monoisotopic (exact) mass is 286 g/mol. The van der Waals surface area contributed by atoms with Crippen molar-refractivity contribution in [3.8, 4) is 5.69 Å². The molecule has 1 heterocycles. The minimum absolute atomic E-state index is 0.464. The van der Waals surface area contributed by atoms with Gasteiger partial charge in [0.1, 0.15) is 5.82 Å². The third-order valence-corrected chi connectivity index (χ3v) is 3.51. The molecule has 2 aromatic rings.